The Balaban J connectivity index is 2.57. The van der Waals surface area contributed by atoms with Gasteiger partial charge in [0.2, 0.25) is 0 Å². The van der Waals surface area contributed by atoms with E-state index in [2.05, 4.69) is 25.2 Å². The fraction of sp³-hybridized carbons (Fsp3) is 0.625. The lowest BCUT2D eigenvalue weighted by molar-refractivity contribution is 0.300. The van der Waals surface area contributed by atoms with Gasteiger partial charge in [-0.3, -0.25) is 0 Å². The van der Waals surface area contributed by atoms with Crippen LogP contribution < -0.4 is 14.8 Å². The Kier molecular flexibility index (Phi) is 9.33. The van der Waals surface area contributed by atoms with Crippen LogP contribution in [0, 0.1) is 0 Å². The Bertz CT molecular complexity index is 371. The summed E-state index contributed by atoms with van der Waals surface area (Å²) in [4.78, 5) is 0. The fourth-order valence-electron chi connectivity index (χ4n) is 1.80. The quantitative estimate of drug-likeness (QED) is 0.631. The molecule has 0 radical (unpaired) electrons. The van der Waals surface area contributed by atoms with Crippen molar-refractivity contribution in [3.63, 3.8) is 0 Å². The molecule has 0 fully saturated rings. The first-order chi connectivity index (χ1) is 9.81. The lowest BCUT2D eigenvalue weighted by atomic mass is 10.2. The van der Waals surface area contributed by atoms with E-state index in [4.69, 9.17) is 9.47 Å². The predicted octanol–water partition coefficient (Wildman–Crippen LogP) is 3.72. The lowest BCUT2D eigenvalue weighted by Gasteiger charge is -2.13. The van der Waals surface area contributed by atoms with Gasteiger partial charge >= 0.3 is 0 Å². The first-order valence-corrected chi connectivity index (χ1v) is 8.58. The molecule has 0 aromatic heterocycles. The Morgan fingerprint density at radius 1 is 1.15 bits per heavy atom. The van der Waals surface area contributed by atoms with E-state index in [1.165, 1.54) is 11.3 Å². The van der Waals surface area contributed by atoms with E-state index < -0.39 is 0 Å². The molecular formula is C16H27NO2S. The fourth-order valence-corrected chi connectivity index (χ4v) is 2.41. The van der Waals surface area contributed by atoms with Gasteiger partial charge in [-0.15, -0.1) is 0 Å². The third kappa shape index (κ3) is 6.53. The van der Waals surface area contributed by atoms with E-state index >= 15 is 0 Å². The zero-order valence-corrected chi connectivity index (χ0v) is 13.7. The first-order valence-electron chi connectivity index (χ1n) is 7.42. The van der Waals surface area contributed by atoms with Gasteiger partial charge in [-0.25, -0.2) is 0 Å². The van der Waals surface area contributed by atoms with Crippen molar-refractivity contribution in [3.8, 4) is 11.5 Å². The van der Waals surface area contributed by atoms with Crippen LogP contribution in [0.2, 0.25) is 0 Å². The summed E-state index contributed by atoms with van der Waals surface area (Å²) in [5.41, 5.74) is 1.18. The van der Waals surface area contributed by atoms with Crippen molar-refractivity contribution in [2.45, 2.75) is 33.2 Å². The molecule has 0 saturated carbocycles. The van der Waals surface area contributed by atoms with Gasteiger partial charge in [-0.1, -0.05) is 19.9 Å². The van der Waals surface area contributed by atoms with E-state index in [9.17, 15) is 0 Å². The number of rotatable bonds is 11. The smallest absolute Gasteiger partial charge is 0.127 e. The molecule has 20 heavy (non-hydrogen) atoms. The number of benzene rings is 1. The molecule has 0 heterocycles. The van der Waals surface area contributed by atoms with Crippen LogP contribution in [-0.4, -0.2) is 31.8 Å². The number of ether oxygens (including phenoxy) is 2. The Morgan fingerprint density at radius 3 is 2.70 bits per heavy atom. The van der Waals surface area contributed by atoms with Crippen LogP contribution in [0.15, 0.2) is 18.2 Å². The highest BCUT2D eigenvalue weighted by Crippen LogP contribution is 2.25. The highest BCUT2D eigenvalue weighted by atomic mass is 32.2. The summed E-state index contributed by atoms with van der Waals surface area (Å²) in [6, 6.07) is 6.11. The summed E-state index contributed by atoms with van der Waals surface area (Å²) in [7, 11) is 1.95. The normalized spacial score (nSPS) is 10.6. The van der Waals surface area contributed by atoms with Crippen LogP contribution in [0.25, 0.3) is 0 Å². The van der Waals surface area contributed by atoms with Gasteiger partial charge in [-0.05, 0) is 37.5 Å². The monoisotopic (exact) mass is 297 g/mol. The standard InChI is InChI=1S/C16H27NO2S/c1-4-9-18-15-8-7-14(13-17-3)16(12-15)19-10-6-11-20-5-2/h7-8,12,17H,4-6,9-11,13H2,1-3H3. The third-order valence-corrected chi connectivity index (χ3v) is 3.76. The zero-order valence-electron chi connectivity index (χ0n) is 12.9. The van der Waals surface area contributed by atoms with Gasteiger partial charge in [0.05, 0.1) is 13.2 Å². The maximum absolute atomic E-state index is 5.92. The van der Waals surface area contributed by atoms with Gasteiger partial charge in [-0.2, -0.15) is 11.8 Å². The molecule has 114 valence electrons. The number of hydrogen-bond acceptors (Lipinski definition) is 4. The third-order valence-electron chi connectivity index (χ3n) is 2.77. The largest absolute Gasteiger partial charge is 0.493 e. The average Bonchev–Trinajstić information content (AvgIpc) is 2.47. The van der Waals surface area contributed by atoms with Crippen molar-refractivity contribution >= 4 is 11.8 Å². The molecule has 1 aromatic rings. The molecule has 1 N–H and O–H groups in total. The Hall–Kier alpha value is -0.870. The van der Waals surface area contributed by atoms with Crippen LogP contribution in [0.1, 0.15) is 32.3 Å². The van der Waals surface area contributed by atoms with Crippen LogP contribution in [0.4, 0.5) is 0 Å². The van der Waals surface area contributed by atoms with Gasteiger partial charge in [0.1, 0.15) is 11.5 Å². The molecule has 3 nitrogen and oxygen atoms in total. The Labute approximate surface area is 127 Å². The average molecular weight is 297 g/mol. The topological polar surface area (TPSA) is 30.5 Å². The van der Waals surface area contributed by atoms with Gasteiger partial charge in [0, 0.05) is 18.2 Å². The molecule has 0 unspecified atom stereocenters. The molecule has 1 rings (SSSR count). The molecule has 0 spiro atoms. The van der Waals surface area contributed by atoms with E-state index in [1.807, 2.05) is 30.9 Å². The van der Waals surface area contributed by atoms with Crippen LogP contribution >= 0.6 is 11.8 Å². The van der Waals surface area contributed by atoms with Crippen molar-refractivity contribution in [2.75, 3.05) is 31.8 Å². The summed E-state index contributed by atoms with van der Waals surface area (Å²) in [6.45, 7) is 6.62. The lowest BCUT2D eigenvalue weighted by Crippen LogP contribution is -2.09. The van der Waals surface area contributed by atoms with Gasteiger partial charge in [0.15, 0.2) is 0 Å². The molecule has 0 aliphatic carbocycles. The van der Waals surface area contributed by atoms with Gasteiger partial charge in [0.25, 0.3) is 0 Å². The summed E-state index contributed by atoms with van der Waals surface area (Å²) in [5.74, 6) is 4.16. The van der Waals surface area contributed by atoms with E-state index in [1.54, 1.807) is 0 Å². The highest BCUT2D eigenvalue weighted by molar-refractivity contribution is 7.99. The summed E-state index contributed by atoms with van der Waals surface area (Å²) < 4.78 is 11.6. The van der Waals surface area contributed by atoms with E-state index in [0.29, 0.717) is 0 Å². The van der Waals surface area contributed by atoms with Crippen LogP contribution in [-0.2, 0) is 6.54 Å². The number of hydrogen-bond donors (Lipinski definition) is 1. The molecule has 0 atom stereocenters. The van der Waals surface area contributed by atoms with Crippen molar-refractivity contribution in [3.05, 3.63) is 23.8 Å². The number of nitrogens with one attached hydrogen (secondary N) is 1. The molecule has 0 aliphatic rings. The van der Waals surface area contributed by atoms with Crippen LogP contribution in [0.3, 0.4) is 0 Å². The SMILES string of the molecule is CCCOc1ccc(CNC)c(OCCCSCC)c1. The van der Waals surface area contributed by atoms with Crippen LogP contribution in [0.5, 0.6) is 11.5 Å². The van der Waals surface area contributed by atoms with E-state index in [0.717, 1.165) is 49.9 Å². The zero-order chi connectivity index (χ0) is 14.6. The van der Waals surface area contributed by atoms with Gasteiger partial charge < -0.3 is 14.8 Å². The van der Waals surface area contributed by atoms with Crippen molar-refractivity contribution in [1.29, 1.82) is 0 Å². The van der Waals surface area contributed by atoms with Crippen molar-refractivity contribution in [1.82, 2.24) is 5.32 Å². The molecule has 1 aromatic carbocycles. The second-order valence-corrected chi connectivity index (χ2v) is 5.94. The molecular weight excluding hydrogens is 270 g/mol. The molecule has 0 bridgehead atoms. The maximum Gasteiger partial charge on any atom is 0.127 e. The minimum absolute atomic E-state index is 0.748. The summed E-state index contributed by atoms with van der Waals surface area (Å²) >= 11 is 1.95. The highest BCUT2D eigenvalue weighted by Gasteiger charge is 2.06. The number of thioether (sulfide) groups is 1. The van der Waals surface area contributed by atoms with Crippen molar-refractivity contribution < 1.29 is 9.47 Å². The minimum atomic E-state index is 0.748. The minimum Gasteiger partial charge on any atom is -0.493 e. The Morgan fingerprint density at radius 2 is 2.00 bits per heavy atom. The summed E-state index contributed by atoms with van der Waals surface area (Å²) in [5, 5.41) is 3.17. The maximum atomic E-state index is 5.92. The molecule has 0 amide bonds. The molecule has 0 aliphatic heterocycles. The molecule has 4 heteroatoms. The van der Waals surface area contributed by atoms with Crippen molar-refractivity contribution in [2.24, 2.45) is 0 Å². The second kappa shape index (κ2) is 10.9. The first kappa shape index (κ1) is 17.2. The second-order valence-electron chi connectivity index (χ2n) is 4.55. The van der Waals surface area contributed by atoms with E-state index in [-0.39, 0.29) is 0 Å². The molecule has 0 saturated heterocycles. The predicted molar refractivity (Wildman–Crippen MR) is 88.1 cm³/mol. The summed E-state index contributed by atoms with van der Waals surface area (Å²) in [6.07, 6.45) is 2.10.